The number of unbranched alkanes of at least 4 members (excludes halogenated alkanes) is 1. The van der Waals surface area contributed by atoms with Gasteiger partial charge in [0, 0.05) is 19.3 Å². The van der Waals surface area contributed by atoms with Gasteiger partial charge in [0.2, 0.25) is 47.3 Å². The van der Waals surface area contributed by atoms with Crippen LogP contribution in [0.4, 0.5) is 0 Å². The van der Waals surface area contributed by atoms with Crippen molar-refractivity contribution < 1.29 is 78.3 Å². The summed E-state index contributed by atoms with van der Waals surface area (Å²) < 4.78 is 0. The standard InChI is InChI=1S/C53H80N10O16/c1-7-29(4)43(62-48(73)36(15-11-12-24-54)58-47(72)38(21-23-42(68)69)57-45(70)35(55)26-33-16-18-34(65)19-17-33)51(76)61-39(25-28(2)3)49(74)60-40(27-32-13-9-8-10-14-32)50(75)63-44(31(6)64)52(77)59-37(20-22-41(66)67)46(71)56-30(5)53(78)79/h8-10,13-14,16-19,28-31,35-40,43-44,64-65H,7,11-12,15,20-27,54-55H2,1-6H3,(H,56,71)(H,57,70)(H,58,72)(H,59,77)(H,60,74)(H,61,76)(H,62,73)(H,63,75)(H,66,67)(H,68,69)(H,78,79)/t29-,30-,31+,35-,36-,37-,38-,39-,40-,43-,44-/m0/s1. The Labute approximate surface area is 458 Å². The van der Waals surface area contributed by atoms with E-state index in [1.54, 1.807) is 70.2 Å². The van der Waals surface area contributed by atoms with Crippen LogP contribution < -0.4 is 54.0 Å². The van der Waals surface area contributed by atoms with Crippen molar-refractivity contribution in [2.75, 3.05) is 6.54 Å². The lowest BCUT2D eigenvalue weighted by Crippen LogP contribution is -2.62. The molecule has 0 radical (unpaired) electrons. The molecule has 2 aromatic carbocycles. The second-order valence-electron chi connectivity index (χ2n) is 19.9. The van der Waals surface area contributed by atoms with Gasteiger partial charge in [-0.15, -0.1) is 0 Å². The number of carbonyl (C=O) groups excluding carboxylic acids is 8. The summed E-state index contributed by atoms with van der Waals surface area (Å²) in [4.78, 5) is 146. The van der Waals surface area contributed by atoms with E-state index >= 15 is 0 Å². The number of nitrogens with two attached hydrogens (primary N) is 2. The third-order valence-corrected chi connectivity index (χ3v) is 12.7. The van der Waals surface area contributed by atoms with Gasteiger partial charge in [-0.2, -0.15) is 0 Å². The lowest BCUT2D eigenvalue weighted by molar-refractivity contribution is -0.142. The van der Waals surface area contributed by atoms with Gasteiger partial charge in [-0.1, -0.05) is 76.6 Å². The van der Waals surface area contributed by atoms with Crippen LogP contribution in [0.5, 0.6) is 5.75 Å². The molecule has 2 rings (SSSR count). The van der Waals surface area contributed by atoms with Crippen LogP contribution in [-0.2, 0) is 65.6 Å². The predicted octanol–water partition coefficient (Wildman–Crippen LogP) is -1.18. The zero-order chi connectivity index (χ0) is 59.5. The molecular weight excluding hydrogens is 1030 g/mol. The molecule has 79 heavy (non-hydrogen) atoms. The van der Waals surface area contributed by atoms with Gasteiger partial charge >= 0.3 is 17.9 Å². The molecule has 0 aromatic heterocycles. The molecule has 0 bridgehead atoms. The van der Waals surface area contributed by atoms with Crippen molar-refractivity contribution in [2.45, 2.75) is 173 Å². The van der Waals surface area contributed by atoms with Crippen LogP contribution in [0.25, 0.3) is 0 Å². The first-order valence-corrected chi connectivity index (χ1v) is 26.2. The molecule has 0 heterocycles. The number of carboxylic acid groups (broad SMARTS) is 3. The van der Waals surface area contributed by atoms with Crippen molar-refractivity contribution in [3.63, 3.8) is 0 Å². The van der Waals surface area contributed by atoms with Crippen LogP contribution in [0.2, 0.25) is 0 Å². The van der Waals surface area contributed by atoms with Gasteiger partial charge in [-0.3, -0.25) is 52.7 Å². The number of phenolic OH excluding ortho intramolecular Hbond substituents is 1. The van der Waals surface area contributed by atoms with Gasteiger partial charge < -0.3 is 79.5 Å². The zero-order valence-corrected chi connectivity index (χ0v) is 45.5. The highest BCUT2D eigenvalue weighted by molar-refractivity contribution is 5.98. The minimum Gasteiger partial charge on any atom is -0.508 e. The Kier molecular flexibility index (Phi) is 29.2. The summed E-state index contributed by atoms with van der Waals surface area (Å²) in [6.45, 7) is 9.44. The van der Waals surface area contributed by atoms with E-state index in [2.05, 4.69) is 42.5 Å². The van der Waals surface area contributed by atoms with E-state index in [1.165, 1.54) is 12.1 Å². The molecule has 0 unspecified atom stereocenters. The van der Waals surface area contributed by atoms with Crippen molar-refractivity contribution in [1.82, 2.24) is 42.5 Å². The van der Waals surface area contributed by atoms with E-state index in [1.807, 2.05) is 0 Å². The summed E-state index contributed by atoms with van der Waals surface area (Å²) in [5.41, 5.74) is 13.0. The number of aliphatic hydroxyl groups is 1. The molecule has 8 amide bonds. The quantitative estimate of drug-likeness (QED) is 0.0357. The summed E-state index contributed by atoms with van der Waals surface area (Å²) in [6, 6.07) is 1.16. The van der Waals surface area contributed by atoms with Crippen molar-refractivity contribution in [3.05, 3.63) is 65.7 Å². The summed E-state index contributed by atoms with van der Waals surface area (Å²) in [7, 11) is 0. The molecule has 17 N–H and O–H groups in total. The highest BCUT2D eigenvalue weighted by atomic mass is 16.4. The molecule has 0 saturated heterocycles. The Morgan fingerprint density at radius 1 is 0.506 bits per heavy atom. The van der Waals surface area contributed by atoms with Crippen LogP contribution in [0.1, 0.15) is 110 Å². The largest absolute Gasteiger partial charge is 0.508 e. The van der Waals surface area contributed by atoms with Gasteiger partial charge in [-0.05, 0) is 100 Å². The summed E-state index contributed by atoms with van der Waals surface area (Å²) in [5.74, 6) is -12.3. The van der Waals surface area contributed by atoms with Crippen molar-refractivity contribution in [3.8, 4) is 5.75 Å². The van der Waals surface area contributed by atoms with Crippen LogP contribution >= 0.6 is 0 Å². The van der Waals surface area contributed by atoms with Crippen molar-refractivity contribution in [1.29, 1.82) is 0 Å². The molecule has 2 aromatic rings. The maximum absolute atomic E-state index is 14.4. The molecule has 0 aliphatic rings. The first-order valence-electron chi connectivity index (χ1n) is 26.2. The van der Waals surface area contributed by atoms with E-state index < -0.39 is 151 Å². The van der Waals surface area contributed by atoms with E-state index in [4.69, 9.17) is 11.5 Å². The number of hydrogen-bond donors (Lipinski definition) is 15. The van der Waals surface area contributed by atoms with Gasteiger partial charge in [-0.25, -0.2) is 0 Å². The molecule has 26 nitrogen and oxygen atoms in total. The molecular formula is C53H80N10O16. The molecule has 0 aliphatic carbocycles. The molecule has 0 saturated carbocycles. The number of carboxylic acids is 3. The topological polar surface area (TPSA) is 437 Å². The van der Waals surface area contributed by atoms with E-state index in [9.17, 15) is 78.3 Å². The van der Waals surface area contributed by atoms with Gasteiger partial charge in [0.05, 0.1) is 12.1 Å². The molecule has 11 atom stereocenters. The third-order valence-electron chi connectivity index (χ3n) is 12.7. The monoisotopic (exact) mass is 1110 g/mol. The molecule has 438 valence electrons. The minimum absolute atomic E-state index is 0.000258. The third kappa shape index (κ3) is 24.7. The molecule has 0 fully saturated rings. The number of carbonyl (C=O) groups is 11. The van der Waals surface area contributed by atoms with E-state index in [-0.39, 0.29) is 50.3 Å². The lowest BCUT2D eigenvalue weighted by atomic mass is 9.95. The highest BCUT2D eigenvalue weighted by Gasteiger charge is 2.37. The number of rotatable bonds is 36. The molecule has 26 heteroatoms. The summed E-state index contributed by atoms with van der Waals surface area (Å²) in [5, 5.41) is 68.4. The van der Waals surface area contributed by atoms with Crippen LogP contribution in [-0.4, -0.2) is 158 Å². The first-order chi connectivity index (χ1) is 37.2. The number of aliphatic carboxylic acids is 3. The number of amides is 8. The fourth-order valence-electron chi connectivity index (χ4n) is 7.91. The van der Waals surface area contributed by atoms with Crippen LogP contribution in [0.15, 0.2) is 54.6 Å². The average molecular weight is 1110 g/mol. The van der Waals surface area contributed by atoms with E-state index in [0.717, 1.165) is 13.8 Å². The average Bonchev–Trinajstić information content (AvgIpc) is 3.39. The maximum atomic E-state index is 14.4. The van der Waals surface area contributed by atoms with Crippen LogP contribution in [0.3, 0.4) is 0 Å². The van der Waals surface area contributed by atoms with Gasteiger partial charge in [0.15, 0.2) is 0 Å². The Morgan fingerprint density at radius 3 is 1.47 bits per heavy atom. The van der Waals surface area contributed by atoms with Crippen molar-refractivity contribution >= 4 is 65.2 Å². The Morgan fingerprint density at radius 2 is 0.949 bits per heavy atom. The van der Waals surface area contributed by atoms with Crippen LogP contribution in [0, 0.1) is 11.8 Å². The molecule has 0 aliphatic heterocycles. The zero-order valence-electron chi connectivity index (χ0n) is 45.5. The smallest absolute Gasteiger partial charge is 0.325 e. The predicted molar refractivity (Wildman–Crippen MR) is 286 cm³/mol. The number of aliphatic hydroxyl groups excluding tert-OH is 1. The number of phenols is 1. The summed E-state index contributed by atoms with van der Waals surface area (Å²) >= 11 is 0. The summed E-state index contributed by atoms with van der Waals surface area (Å²) in [6.07, 6.45) is -2.86. The fourth-order valence-corrected chi connectivity index (χ4v) is 7.91. The Bertz CT molecular complexity index is 2370. The Hall–Kier alpha value is -7.71. The van der Waals surface area contributed by atoms with Gasteiger partial charge in [0.25, 0.3) is 0 Å². The van der Waals surface area contributed by atoms with E-state index in [0.29, 0.717) is 30.4 Å². The molecule has 0 spiro atoms. The fraction of sp³-hybridized carbons (Fsp3) is 0.566. The number of nitrogens with one attached hydrogen (secondary N) is 8. The van der Waals surface area contributed by atoms with Gasteiger partial charge in [0.1, 0.15) is 54.1 Å². The second kappa shape index (κ2) is 34.2. The van der Waals surface area contributed by atoms with Crippen molar-refractivity contribution in [2.24, 2.45) is 23.3 Å². The highest BCUT2D eigenvalue weighted by Crippen LogP contribution is 2.15. The number of aromatic hydroxyl groups is 1. The Balaban J connectivity index is 2.45. The second-order valence-corrected chi connectivity index (χ2v) is 19.9. The number of hydrogen-bond acceptors (Lipinski definition) is 15. The normalized spacial score (nSPS) is 15.3. The maximum Gasteiger partial charge on any atom is 0.325 e. The minimum atomic E-state index is -1.81. The first kappa shape index (κ1) is 67.4. The SMILES string of the molecule is CC[C@H](C)[C@H](NC(=O)[C@H](CCCCN)NC(=O)[C@H](CCC(=O)O)NC(=O)[C@@H](N)Cc1ccc(O)cc1)C(=O)N[C@@H](CC(C)C)C(=O)N[C@@H](Cc1ccccc1)C(=O)N[C@H](C(=O)N[C@@H](CCC(=O)O)C(=O)N[C@@H](C)C(=O)O)[C@@H](C)O. The number of benzene rings is 2. The lowest BCUT2D eigenvalue weighted by Gasteiger charge is -2.30.